The summed E-state index contributed by atoms with van der Waals surface area (Å²) in [4.78, 5) is 10.6. The van der Waals surface area contributed by atoms with Crippen LogP contribution in [0.2, 0.25) is 5.02 Å². The van der Waals surface area contributed by atoms with Crippen LogP contribution in [0.1, 0.15) is 11.1 Å². The number of rotatable bonds is 5. The second-order valence-corrected chi connectivity index (χ2v) is 7.28. The van der Waals surface area contributed by atoms with Crippen LogP contribution in [0, 0.1) is 5.41 Å². The van der Waals surface area contributed by atoms with E-state index in [1.807, 2.05) is 36.9 Å². The number of anilines is 1. The molecule has 0 N–H and O–H groups in total. The molecule has 0 fully saturated rings. The fraction of sp³-hybridized carbons (Fsp3) is 0.182. The summed E-state index contributed by atoms with van der Waals surface area (Å²) in [5.74, 6) is 0. The Balaban J connectivity index is 1.61. The highest BCUT2D eigenvalue weighted by molar-refractivity contribution is 6.30. The van der Waals surface area contributed by atoms with E-state index in [9.17, 15) is 0 Å². The van der Waals surface area contributed by atoms with Crippen LogP contribution < -0.4 is 4.90 Å². The van der Waals surface area contributed by atoms with Crippen molar-refractivity contribution in [2.24, 2.45) is 5.41 Å². The zero-order chi connectivity index (χ0) is 17.8. The van der Waals surface area contributed by atoms with Crippen molar-refractivity contribution in [2.75, 3.05) is 11.4 Å². The van der Waals surface area contributed by atoms with Crippen LogP contribution in [0.5, 0.6) is 0 Å². The number of hydrogen-bond acceptors (Lipinski definition) is 3. The van der Waals surface area contributed by atoms with Gasteiger partial charge in [-0.2, -0.15) is 0 Å². The van der Waals surface area contributed by atoms with Gasteiger partial charge in [-0.25, -0.2) is 0 Å². The monoisotopic (exact) mass is 361 g/mol. The van der Waals surface area contributed by atoms with Gasteiger partial charge in [0.25, 0.3) is 0 Å². The molecule has 0 saturated carbocycles. The molecule has 1 aliphatic heterocycles. The second-order valence-electron chi connectivity index (χ2n) is 6.85. The lowest BCUT2D eigenvalue weighted by molar-refractivity contribution is 0.404. The van der Waals surface area contributed by atoms with Crippen LogP contribution in [0.3, 0.4) is 0 Å². The van der Waals surface area contributed by atoms with Gasteiger partial charge in [-0.1, -0.05) is 17.7 Å². The lowest BCUT2D eigenvalue weighted by Gasteiger charge is -2.30. The third-order valence-corrected chi connectivity index (χ3v) is 5.11. The predicted molar refractivity (Wildman–Crippen MR) is 106 cm³/mol. The Kier molecular flexibility index (Phi) is 4.72. The molecule has 0 amide bonds. The van der Waals surface area contributed by atoms with Crippen LogP contribution in [0.15, 0.2) is 85.6 Å². The van der Waals surface area contributed by atoms with Crippen molar-refractivity contribution < 1.29 is 0 Å². The molecule has 4 heteroatoms. The van der Waals surface area contributed by atoms with Crippen molar-refractivity contribution in [2.45, 2.75) is 12.8 Å². The van der Waals surface area contributed by atoms with Gasteiger partial charge in [0.15, 0.2) is 0 Å². The predicted octanol–water partition coefficient (Wildman–Crippen LogP) is 4.94. The first-order valence-corrected chi connectivity index (χ1v) is 9.10. The van der Waals surface area contributed by atoms with E-state index in [-0.39, 0.29) is 5.41 Å². The van der Waals surface area contributed by atoms with Crippen LogP contribution in [-0.2, 0) is 12.8 Å². The van der Waals surface area contributed by atoms with Gasteiger partial charge in [-0.05, 0) is 72.5 Å². The van der Waals surface area contributed by atoms with Crippen molar-refractivity contribution in [1.82, 2.24) is 9.97 Å². The van der Waals surface area contributed by atoms with E-state index in [1.54, 1.807) is 0 Å². The molecule has 3 nitrogen and oxygen atoms in total. The molecule has 4 rings (SSSR count). The maximum Gasteiger partial charge on any atom is 0.0407 e. The highest BCUT2D eigenvalue weighted by Gasteiger charge is 2.34. The average Bonchev–Trinajstić information content (AvgIpc) is 3.07. The highest BCUT2D eigenvalue weighted by Crippen LogP contribution is 2.37. The smallest absolute Gasteiger partial charge is 0.0407 e. The van der Waals surface area contributed by atoms with E-state index in [4.69, 9.17) is 11.6 Å². The highest BCUT2D eigenvalue weighted by atomic mass is 35.5. The van der Waals surface area contributed by atoms with Gasteiger partial charge in [0, 0.05) is 53.7 Å². The summed E-state index contributed by atoms with van der Waals surface area (Å²) in [7, 11) is 0. The van der Waals surface area contributed by atoms with E-state index >= 15 is 0 Å². The van der Waals surface area contributed by atoms with Gasteiger partial charge in [0.1, 0.15) is 0 Å². The Labute approximate surface area is 159 Å². The molecule has 26 heavy (non-hydrogen) atoms. The molecule has 0 saturated heterocycles. The van der Waals surface area contributed by atoms with Crippen LogP contribution in [0.25, 0.3) is 0 Å². The fourth-order valence-corrected chi connectivity index (χ4v) is 3.74. The minimum atomic E-state index is 0.0301. The number of aromatic nitrogens is 2. The Bertz CT molecular complexity index is 835. The quantitative estimate of drug-likeness (QED) is 0.644. The third kappa shape index (κ3) is 3.78. The number of hydrogen-bond donors (Lipinski definition) is 0. The molecule has 0 spiro atoms. The molecule has 1 aliphatic rings. The minimum absolute atomic E-state index is 0.0301. The number of benzene rings is 1. The van der Waals surface area contributed by atoms with Crippen LogP contribution in [-0.4, -0.2) is 16.5 Å². The molecule has 0 bridgehead atoms. The van der Waals surface area contributed by atoms with Crippen molar-refractivity contribution >= 4 is 17.3 Å². The standard InChI is InChI=1S/C22H20ClN3/c23-20-1-3-21(4-2-20)26-14-9-22(17-26,15-18-5-10-24-11-6-18)16-19-7-12-25-13-8-19/h1-14H,15-17H2. The summed E-state index contributed by atoms with van der Waals surface area (Å²) in [6.07, 6.45) is 14.0. The van der Waals surface area contributed by atoms with E-state index in [1.165, 1.54) is 11.1 Å². The van der Waals surface area contributed by atoms with E-state index < -0.39 is 0 Å². The van der Waals surface area contributed by atoms with Crippen LogP contribution >= 0.6 is 11.6 Å². The van der Waals surface area contributed by atoms with Gasteiger partial charge in [-0.3, -0.25) is 9.97 Å². The Morgan fingerprint density at radius 1 is 0.808 bits per heavy atom. The van der Waals surface area contributed by atoms with Crippen LogP contribution in [0.4, 0.5) is 5.69 Å². The average molecular weight is 362 g/mol. The molecule has 0 aliphatic carbocycles. The molecule has 3 aromatic rings. The minimum Gasteiger partial charge on any atom is -0.347 e. The number of halogens is 1. The van der Waals surface area contributed by atoms with Crippen molar-refractivity contribution in [3.05, 3.63) is 102 Å². The van der Waals surface area contributed by atoms with Gasteiger partial charge in [0.05, 0.1) is 0 Å². The van der Waals surface area contributed by atoms with Crippen molar-refractivity contribution in [3.63, 3.8) is 0 Å². The maximum absolute atomic E-state index is 6.04. The Hall–Kier alpha value is -2.65. The molecule has 2 aromatic heterocycles. The molecule has 0 unspecified atom stereocenters. The topological polar surface area (TPSA) is 29.0 Å². The summed E-state index contributed by atoms with van der Waals surface area (Å²) >= 11 is 6.04. The molecule has 0 atom stereocenters. The maximum atomic E-state index is 6.04. The number of pyridine rings is 2. The zero-order valence-electron chi connectivity index (χ0n) is 14.4. The van der Waals surface area contributed by atoms with E-state index in [0.717, 1.165) is 30.1 Å². The summed E-state index contributed by atoms with van der Waals surface area (Å²) < 4.78 is 0. The zero-order valence-corrected chi connectivity index (χ0v) is 15.2. The first-order valence-electron chi connectivity index (χ1n) is 8.72. The SMILES string of the molecule is Clc1ccc(N2C=CC(Cc3ccncc3)(Cc3ccncc3)C2)cc1. The lowest BCUT2D eigenvalue weighted by atomic mass is 9.78. The number of nitrogens with zero attached hydrogens (tertiary/aromatic N) is 3. The van der Waals surface area contributed by atoms with Gasteiger partial charge < -0.3 is 4.90 Å². The summed E-state index contributed by atoms with van der Waals surface area (Å²) in [6.45, 7) is 0.930. The summed E-state index contributed by atoms with van der Waals surface area (Å²) in [5, 5.41) is 0.761. The molecular weight excluding hydrogens is 342 g/mol. The van der Waals surface area contributed by atoms with E-state index in [0.29, 0.717) is 0 Å². The van der Waals surface area contributed by atoms with Gasteiger partial charge in [0.2, 0.25) is 0 Å². The lowest BCUT2D eigenvalue weighted by Crippen LogP contribution is -2.32. The first-order chi connectivity index (χ1) is 12.7. The fourth-order valence-electron chi connectivity index (χ4n) is 3.61. The van der Waals surface area contributed by atoms with E-state index in [2.05, 4.69) is 63.5 Å². The Morgan fingerprint density at radius 2 is 1.35 bits per heavy atom. The molecule has 0 radical (unpaired) electrons. The molecule has 1 aromatic carbocycles. The second kappa shape index (κ2) is 7.30. The van der Waals surface area contributed by atoms with Crippen molar-refractivity contribution in [1.29, 1.82) is 0 Å². The molecular formula is C22H20ClN3. The largest absolute Gasteiger partial charge is 0.347 e. The van der Waals surface area contributed by atoms with Crippen molar-refractivity contribution in [3.8, 4) is 0 Å². The molecule has 130 valence electrons. The van der Waals surface area contributed by atoms with Gasteiger partial charge in [-0.15, -0.1) is 0 Å². The third-order valence-electron chi connectivity index (χ3n) is 4.86. The molecule has 3 heterocycles. The van der Waals surface area contributed by atoms with Gasteiger partial charge >= 0.3 is 0 Å². The Morgan fingerprint density at radius 3 is 1.88 bits per heavy atom. The first kappa shape index (κ1) is 16.8. The summed E-state index contributed by atoms with van der Waals surface area (Å²) in [6, 6.07) is 16.4. The summed E-state index contributed by atoms with van der Waals surface area (Å²) in [5.41, 5.74) is 3.80. The normalized spacial score (nSPS) is 15.3.